The number of aliphatic hydroxyl groups is 1. The van der Waals surface area contributed by atoms with Crippen LogP contribution in [0, 0.1) is 12.7 Å². The van der Waals surface area contributed by atoms with E-state index < -0.39 is 6.10 Å². The molecule has 2 nitrogen and oxygen atoms in total. The van der Waals surface area contributed by atoms with Gasteiger partial charge in [-0.2, -0.15) is 0 Å². The lowest BCUT2D eigenvalue weighted by atomic mass is 9.97. The summed E-state index contributed by atoms with van der Waals surface area (Å²) in [6.07, 6.45) is 0.796. The van der Waals surface area contributed by atoms with E-state index in [4.69, 9.17) is 0 Å². The minimum atomic E-state index is -0.864. The third kappa shape index (κ3) is 2.28. The number of pyridine rings is 1. The SMILES string of the molecule is Cc1cc(F)cc(C(O)c2ccnc3ccccc23)c1. The number of hydrogen-bond acceptors (Lipinski definition) is 2. The molecule has 0 fully saturated rings. The number of aromatic nitrogens is 1. The molecule has 0 saturated heterocycles. The first-order valence-corrected chi connectivity index (χ1v) is 6.44. The van der Waals surface area contributed by atoms with Crippen molar-refractivity contribution in [2.24, 2.45) is 0 Å². The fraction of sp³-hybridized carbons (Fsp3) is 0.118. The Morgan fingerprint density at radius 3 is 2.70 bits per heavy atom. The largest absolute Gasteiger partial charge is 0.384 e. The summed E-state index contributed by atoms with van der Waals surface area (Å²) in [7, 11) is 0. The summed E-state index contributed by atoms with van der Waals surface area (Å²) in [5, 5.41) is 11.4. The Hall–Kier alpha value is -2.26. The van der Waals surface area contributed by atoms with Crippen molar-refractivity contribution in [2.45, 2.75) is 13.0 Å². The minimum absolute atomic E-state index is 0.336. The van der Waals surface area contributed by atoms with E-state index in [0.717, 1.165) is 22.0 Å². The van der Waals surface area contributed by atoms with Crippen LogP contribution in [-0.4, -0.2) is 10.1 Å². The van der Waals surface area contributed by atoms with Crippen molar-refractivity contribution in [1.82, 2.24) is 4.98 Å². The lowest BCUT2D eigenvalue weighted by Gasteiger charge is -2.14. The first-order chi connectivity index (χ1) is 9.65. The van der Waals surface area contributed by atoms with Crippen molar-refractivity contribution in [3.8, 4) is 0 Å². The van der Waals surface area contributed by atoms with Crippen molar-refractivity contribution >= 4 is 10.9 Å². The number of fused-ring (bicyclic) bond motifs is 1. The fourth-order valence-corrected chi connectivity index (χ4v) is 2.46. The molecule has 100 valence electrons. The molecule has 1 N–H and O–H groups in total. The van der Waals surface area contributed by atoms with Gasteiger partial charge in [0.05, 0.1) is 5.52 Å². The van der Waals surface area contributed by atoms with Crippen molar-refractivity contribution in [3.05, 3.63) is 77.2 Å². The molecule has 0 aliphatic carbocycles. The number of para-hydroxylation sites is 1. The monoisotopic (exact) mass is 267 g/mol. The predicted molar refractivity (Wildman–Crippen MR) is 76.9 cm³/mol. The van der Waals surface area contributed by atoms with Gasteiger partial charge < -0.3 is 5.11 Å². The van der Waals surface area contributed by atoms with E-state index >= 15 is 0 Å². The molecule has 1 heterocycles. The molecule has 0 spiro atoms. The van der Waals surface area contributed by atoms with Crippen molar-refractivity contribution in [3.63, 3.8) is 0 Å². The van der Waals surface area contributed by atoms with Crippen LogP contribution in [0.2, 0.25) is 0 Å². The molecule has 0 bridgehead atoms. The van der Waals surface area contributed by atoms with Crippen molar-refractivity contribution in [2.75, 3.05) is 0 Å². The molecule has 2 aromatic carbocycles. The Morgan fingerprint density at radius 2 is 1.90 bits per heavy atom. The fourth-order valence-electron chi connectivity index (χ4n) is 2.46. The zero-order valence-corrected chi connectivity index (χ0v) is 11.0. The molecular formula is C17H14FNO. The Bertz CT molecular complexity index is 744. The van der Waals surface area contributed by atoms with Crippen molar-refractivity contribution in [1.29, 1.82) is 0 Å². The van der Waals surface area contributed by atoms with Gasteiger partial charge in [0.25, 0.3) is 0 Å². The molecule has 0 aliphatic heterocycles. The van der Waals surface area contributed by atoms with Gasteiger partial charge in [-0.25, -0.2) is 4.39 Å². The first kappa shape index (κ1) is 12.8. The van der Waals surface area contributed by atoms with Gasteiger partial charge in [-0.1, -0.05) is 24.3 Å². The average molecular weight is 267 g/mol. The Balaban J connectivity index is 2.15. The summed E-state index contributed by atoms with van der Waals surface area (Å²) in [4.78, 5) is 4.27. The van der Waals surface area contributed by atoms with Crippen LogP contribution in [0.5, 0.6) is 0 Å². The smallest absolute Gasteiger partial charge is 0.123 e. The number of rotatable bonds is 2. The zero-order chi connectivity index (χ0) is 14.1. The number of halogens is 1. The first-order valence-electron chi connectivity index (χ1n) is 6.44. The third-order valence-corrected chi connectivity index (χ3v) is 3.36. The number of aryl methyl sites for hydroxylation is 1. The van der Waals surface area contributed by atoms with Gasteiger partial charge in [0.2, 0.25) is 0 Å². The Kier molecular flexibility index (Phi) is 3.20. The van der Waals surface area contributed by atoms with Gasteiger partial charge in [0, 0.05) is 11.6 Å². The standard InChI is InChI=1S/C17H14FNO/c1-11-8-12(10-13(18)9-11)17(20)15-6-7-19-16-5-3-2-4-14(15)16/h2-10,17,20H,1H3. The zero-order valence-electron chi connectivity index (χ0n) is 11.0. The average Bonchev–Trinajstić information content (AvgIpc) is 2.45. The predicted octanol–water partition coefficient (Wildman–Crippen LogP) is 3.76. The van der Waals surface area contributed by atoms with Crippen molar-refractivity contribution < 1.29 is 9.50 Å². The van der Waals surface area contributed by atoms with Crippen LogP contribution >= 0.6 is 0 Å². The topological polar surface area (TPSA) is 33.1 Å². The highest BCUT2D eigenvalue weighted by atomic mass is 19.1. The van der Waals surface area contributed by atoms with Crippen LogP contribution in [0.1, 0.15) is 22.8 Å². The van der Waals surface area contributed by atoms with Gasteiger partial charge in [-0.3, -0.25) is 4.98 Å². The van der Waals surface area contributed by atoms with Crippen LogP contribution in [0.4, 0.5) is 4.39 Å². The molecule has 1 unspecified atom stereocenters. The second-order valence-corrected chi connectivity index (χ2v) is 4.88. The van der Waals surface area contributed by atoms with E-state index in [9.17, 15) is 9.50 Å². The highest BCUT2D eigenvalue weighted by molar-refractivity contribution is 5.82. The van der Waals surface area contributed by atoms with Gasteiger partial charge >= 0.3 is 0 Å². The molecule has 0 radical (unpaired) electrons. The Labute approximate surface area is 116 Å². The molecule has 3 heteroatoms. The molecular weight excluding hydrogens is 253 g/mol. The highest BCUT2D eigenvalue weighted by Gasteiger charge is 2.15. The summed E-state index contributed by atoms with van der Waals surface area (Å²) in [5.74, 6) is -0.336. The maximum absolute atomic E-state index is 13.5. The summed E-state index contributed by atoms with van der Waals surface area (Å²) in [6, 6.07) is 14.0. The van der Waals surface area contributed by atoms with E-state index in [1.807, 2.05) is 31.2 Å². The van der Waals surface area contributed by atoms with Gasteiger partial charge in [-0.05, 0) is 47.9 Å². The van der Waals surface area contributed by atoms with E-state index in [1.165, 1.54) is 12.1 Å². The molecule has 0 aliphatic rings. The second kappa shape index (κ2) is 5.02. The van der Waals surface area contributed by atoms with Crippen LogP contribution < -0.4 is 0 Å². The highest BCUT2D eigenvalue weighted by Crippen LogP contribution is 2.28. The molecule has 20 heavy (non-hydrogen) atoms. The Morgan fingerprint density at radius 1 is 1.10 bits per heavy atom. The van der Waals surface area contributed by atoms with Crippen LogP contribution in [-0.2, 0) is 0 Å². The maximum Gasteiger partial charge on any atom is 0.123 e. The van der Waals surface area contributed by atoms with Gasteiger partial charge in [0.1, 0.15) is 11.9 Å². The maximum atomic E-state index is 13.5. The minimum Gasteiger partial charge on any atom is -0.384 e. The second-order valence-electron chi connectivity index (χ2n) is 4.88. The molecule has 3 aromatic rings. The number of hydrogen-bond donors (Lipinski definition) is 1. The lowest BCUT2D eigenvalue weighted by molar-refractivity contribution is 0.221. The number of nitrogens with zero attached hydrogens (tertiary/aromatic N) is 1. The van der Waals surface area contributed by atoms with Crippen LogP contribution in [0.3, 0.4) is 0 Å². The summed E-state index contributed by atoms with van der Waals surface area (Å²) < 4.78 is 13.5. The van der Waals surface area contributed by atoms with E-state index in [-0.39, 0.29) is 5.82 Å². The van der Waals surface area contributed by atoms with Crippen LogP contribution in [0.25, 0.3) is 10.9 Å². The molecule has 1 atom stereocenters. The van der Waals surface area contributed by atoms with Gasteiger partial charge in [-0.15, -0.1) is 0 Å². The third-order valence-electron chi connectivity index (χ3n) is 3.36. The lowest BCUT2D eigenvalue weighted by Crippen LogP contribution is -2.02. The molecule has 0 amide bonds. The summed E-state index contributed by atoms with van der Waals surface area (Å²) >= 11 is 0. The quantitative estimate of drug-likeness (QED) is 0.766. The molecule has 3 rings (SSSR count). The number of aliphatic hydroxyl groups excluding tert-OH is 1. The summed E-state index contributed by atoms with van der Waals surface area (Å²) in [6.45, 7) is 1.81. The van der Waals surface area contributed by atoms with E-state index in [0.29, 0.717) is 5.56 Å². The van der Waals surface area contributed by atoms with Crippen LogP contribution in [0.15, 0.2) is 54.7 Å². The van der Waals surface area contributed by atoms with E-state index in [2.05, 4.69) is 4.98 Å². The number of benzene rings is 2. The normalized spacial score (nSPS) is 12.6. The molecule has 1 aromatic heterocycles. The molecule has 0 saturated carbocycles. The summed E-state index contributed by atoms with van der Waals surface area (Å²) in [5.41, 5.74) is 2.90. The van der Waals surface area contributed by atoms with Gasteiger partial charge in [0.15, 0.2) is 0 Å². The van der Waals surface area contributed by atoms with E-state index in [1.54, 1.807) is 18.3 Å².